The minimum atomic E-state index is -0.163. The van der Waals surface area contributed by atoms with Crippen molar-refractivity contribution < 1.29 is 4.79 Å². The number of rotatable bonds is 2. The van der Waals surface area contributed by atoms with Crippen molar-refractivity contribution in [1.29, 1.82) is 0 Å². The van der Waals surface area contributed by atoms with Crippen LogP contribution in [0.15, 0.2) is 18.3 Å². The monoisotopic (exact) mass is 194 g/mol. The van der Waals surface area contributed by atoms with Gasteiger partial charge in [0.25, 0.3) is 0 Å². The summed E-state index contributed by atoms with van der Waals surface area (Å²) < 4.78 is 0. The maximum absolute atomic E-state index is 11.2. The largest absolute Gasteiger partial charge is 0.373 e. The molecule has 5 nitrogen and oxygen atoms in total. The summed E-state index contributed by atoms with van der Waals surface area (Å²) in [6.45, 7) is 0. The molecule has 2 N–H and O–H groups in total. The number of aromatic nitrogens is 1. The molecule has 1 rings (SSSR count). The molecule has 0 aliphatic heterocycles. The van der Waals surface area contributed by atoms with Crippen LogP contribution in [0, 0.1) is 0 Å². The Morgan fingerprint density at radius 1 is 1.43 bits per heavy atom. The predicted octanol–water partition coefficient (Wildman–Crippen LogP) is 1.22. The number of anilines is 2. The van der Waals surface area contributed by atoms with E-state index in [1.807, 2.05) is 0 Å². The Hall–Kier alpha value is -1.78. The van der Waals surface area contributed by atoms with Crippen LogP contribution in [-0.4, -0.2) is 37.1 Å². The number of pyridine rings is 1. The first kappa shape index (κ1) is 10.3. The average Bonchev–Trinajstić information content (AvgIpc) is 2.19. The molecule has 0 atom stereocenters. The minimum absolute atomic E-state index is 0.163. The van der Waals surface area contributed by atoms with Gasteiger partial charge in [0.15, 0.2) is 0 Å². The van der Waals surface area contributed by atoms with Gasteiger partial charge in [0.05, 0.1) is 11.9 Å². The molecule has 1 heterocycles. The van der Waals surface area contributed by atoms with Crippen molar-refractivity contribution >= 4 is 17.5 Å². The molecule has 0 bridgehead atoms. The lowest BCUT2D eigenvalue weighted by Gasteiger charge is -2.11. The number of nitrogens with one attached hydrogen (secondary N) is 2. The number of hydrogen-bond donors (Lipinski definition) is 2. The predicted molar refractivity (Wildman–Crippen MR) is 56.5 cm³/mol. The smallest absolute Gasteiger partial charge is 0.321 e. The third-order valence-corrected chi connectivity index (χ3v) is 1.68. The average molecular weight is 194 g/mol. The molecule has 0 unspecified atom stereocenters. The zero-order valence-electron chi connectivity index (χ0n) is 8.53. The highest BCUT2D eigenvalue weighted by atomic mass is 16.2. The minimum Gasteiger partial charge on any atom is -0.373 e. The summed E-state index contributed by atoms with van der Waals surface area (Å²) in [5, 5.41) is 5.59. The Balaban J connectivity index is 2.64. The molecular formula is C9H14N4O. The van der Waals surface area contributed by atoms with Gasteiger partial charge in [-0.2, -0.15) is 0 Å². The number of amides is 2. The van der Waals surface area contributed by atoms with Crippen molar-refractivity contribution in [2.45, 2.75) is 0 Å². The van der Waals surface area contributed by atoms with Crippen LogP contribution >= 0.6 is 0 Å². The molecule has 76 valence electrons. The lowest BCUT2D eigenvalue weighted by atomic mass is 10.4. The SMILES string of the molecule is CNc1ccc(NC(=O)N(C)C)cn1. The highest BCUT2D eigenvalue weighted by Crippen LogP contribution is 2.08. The molecule has 0 aliphatic carbocycles. The summed E-state index contributed by atoms with van der Waals surface area (Å²) >= 11 is 0. The van der Waals surface area contributed by atoms with Gasteiger partial charge < -0.3 is 15.5 Å². The molecule has 0 radical (unpaired) electrons. The van der Waals surface area contributed by atoms with Gasteiger partial charge in [0.2, 0.25) is 0 Å². The van der Waals surface area contributed by atoms with Gasteiger partial charge in [-0.05, 0) is 12.1 Å². The molecule has 0 fully saturated rings. The highest BCUT2D eigenvalue weighted by Gasteiger charge is 2.03. The third-order valence-electron chi connectivity index (χ3n) is 1.68. The van der Waals surface area contributed by atoms with Crippen molar-refractivity contribution in [3.8, 4) is 0 Å². The first-order valence-electron chi connectivity index (χ1n) is 4.25. The van der Waals surface area contributed by atoms with Gasteiger partial charge in [-0.3, -0.25) is 0 Å². The molecule has 14 heavy (non-hydrogen) atoms. The second-order valence-electron chi connectivity index (χ2n) is 3.01. The molecule has 0 saturated heterocycles. The van der Waals surface area contributed by atoms with E-state index in [-0.39, 0.29) is 6.03 Å². The Kier molecular flexibility index (Phi) is 3.28. The van der Waals surface area contributed by atoms with E-state index < -0.39 is 0 Å². The molecule has 1 aromatic heterocycles. The van der Waals surface area contributed by atoms with Gasteiger partial charge in [0.1, 0.15) is 5.82 Å². The highest BCUT2D eigenvalue weighted by molar-refractivity contribution is 5.88. The standard InChI is InChI=1S/C9H14N4O/c1-10-8-5-4-7(6-11-8)12-9(14)13(2)3/h4-6H,1-3H3,(H,10,11)(H,12,14). The van der Waals surface area contributed by atoms with Gasteiger partial charge in [-0.25, -0.2) is 9.78 Å². The van der Waals surface area contributed by atoms with Crippen molar-refractivity contribution in [1.82, 2.24) is 9.88 Å². The number of nitrogens with zero attached hydrogens (tertiary/aromatic N) is 2. The third kappa shape index (κ3) is 2.62. The van der Waals surface area contributed by atoms with Crippen molar-refractivity contribution in [2.75, 3.05) is 31.8 Å². The molecule has 0 aromatic carbocycles. The van der Waals surface area contributed by atoms with E-state index in [1.165, 1.54) is 4.90 Å². The maximum atomic E-state index is 11.2. The van der Waals surface area contributed by atoms with E-state index in [9.17, 15) is 4.79 Å². The van der Waals surface area contributed by atoms with E-state index in [4.69, 9.17) is 0 Å². The maximum Gasteiger partial charge on any atom is 0.321 e. The normalized spacial score (nSPS) is 9.36. The van der Waals surface area contributed by atoms with Crippen LogP contribution in [0.1, 0.15) is 0 Å². The zero-order chi connectivity index (χ0) is 10.6. The fourth-order valence-corrected chi connectivity index (χ4v) is 0.851. The Labute approximate surface area is 83.1 Å². The molecule has 1 aromatic rings. The van der Waals surface area contributed by atoms with Crippen LogP contribution in [0.5, 0.6) is 0 Å². The van der Waals surface area contributed by atoms with E-state index in [0.29, 0.717) is 5.69 Å². The lowest BCUT2D eigenvalue weighted by molar-refractivity contribution is 0.230. The fourth-order valence-electron chi connectivity index (χ4n) is 0.851. The van der Waals surface area contributed by atoms with Crippen molar-refractivity contribution in [2.24, 2.45) is 0 Å². The van der Waals surface area contributed by atoms with Gasteiger partial charge in [-0.15, -0.1) is 0 Å². The summed E-state index contributed by atoms with van der Waals surface area (Å²) in [6.07, 6.45) is 1.60. The number of urea groups is 1. The topological polar surface area (TPSA) is 57.3 Å². The Bertz CT molecular complexity index is 307. The van der Waals surface area contributed by atoms with Gasteiger partial charge in [-0.1, -0.05) is 0 Å². The van der Waals surface area contributed by atoms with Crippen LogP contribution < -0.4 is 10.6 Å². The second kappa shape index (κ2) is 4.45. The van der Waals surface area contributed by atoms with Crippen LogP contribution in [0.2, 0.25) is 0 Å². The molecule has 0 aliphatic rings. The van der Waals surface area contributed by atoms with Crippen molar-refractivity contribution in [3.05, 3.63) is 18.3 Å². The Morgan fingerprint density at radius 2 is 2.14 bits per heavy atom. The molecule has 2 amide bonds. The molecule has 0 saturated carbocycles. The summed E-state index contributed by atoms with van der Waals surface area (Å²) in [7, 11) is 5.16. The van der Waals surface area contributed by atoms with E-state index in [0.717, 1.165) is 5.82 Å². The zero-order valence-corrected chi connectivity index (χ0v) is 8.53. The number of hydrogen-bond acceptors (Lipinski definition) is 3. The summed E-state index contributed by atoms with van der Waals surface area (Å²) in [4.78, 5) is 16.8. The first-order valence-corrected chi connectivity index (χ1v) is 4.25. The van der Waals surface area contributed by atoms with E-state index in [1.54, 1.807) is 39.5 Å². The Morgan fingerprint density at radius 3 is 2.57 bits per heavy atom. The number of carbonyl (C=O) groups is 1. The van der Waals surface area contributed by atoms with E-state index >= 15 is 0 Å². The summed E-state index contributed by atoms with van der Waals surface area (Å²) in [6, 6.07) is 3.43. The van der Waals surface area contributed by atoms with Crippen molar-refractivity contribution in [3.63, 3.8) is 0 Å². The van der Waals surface area contributed by atoms with Gasteiger partial charge in [0, 0.05) is 21.1 Å². The van der Waals surface area contributed by atoms with Gasteiger partial charge >= 0.3 is 6.03 Å². The summed E-state index contributed by atoms with van der Waals surface area (Å²) in [5.41, 5.74) is 0.683. The lowest BCUT2D eigenvalue weighted by Crippen LogP contribution is -2.27. The molecular weight excluding hydrogens is 180 g/mol. The van der Waals surface area contributed by atoms with Crippen LogP contribution in [0.25, 0.3) is 0 Å². The fraction of sp³-hybridized carbons (Fsp3) is 0.333. The first-order chi connectivity index (χ1) is 6.63. The quantitative estimate of drug-likeness (QED) is 0.744. The molecule has 0 spiro atoms. The molecule has 5 heteroatoms. The second-order valence-corrected chi connectivity index (χ2v) is 3.01. The number of carbonyl (C=O) groups excluding carboxylic acids is 1. The van der Waals surface area contributed by atoms with Crippen LogP contribution in [0.3, 0.4) is 0 Å². The van der Waals surface area contributed by atoms with E-state index in [2.05, 4.69) is 15.6 Å². The van der Waals surface area contributed by atoms with Crippen LogP contribution in [-0.2, 0) is 0 Å². The summed E-state index contributed by atoms with van der Waals surface area (Å²) in [5.74, 6) is 0.771. The van der Waals surface area contributed by atoms with Crippen LogP contribution in [0.4, 0.5) is 16.3 Å².